The number of carbonyl (C=O) groups is 3. The molecule has 0 amide bonds. The van der Waals surface area contributed by atoms with E-state index in [2.05, 4.69) is 20.9 Å². The predicted molar refractivity (Wildman–Crippen MR) is 90.7 cm³/mol. The third-order valence-electron chi connectivity index (χ3n) is 3.54. The van der Waals surface area contributed by atoms with Gasteiger partial charge in [-0.25, -0.2) is 4.79 Å². The van der Waals surface area contributed by atoms with Crippen LogP contribution >= 0.6 is 15.9 Å². The summed E-state index contributed by atoms with van der Waals surface area (Å²) in [4.78, 5) is 59.9. The lowest BCUT2D eigenvalue weighted by atomic mass is 10.1. The molecule has 0 aliphatic carbocycles. The summed E-state index contributed by atoms with van der Waals surface area (Å²) in [6.45, 7) is 3.15. The van der Waals surface area contributed by atoms with E-state index in [-0.39, 0.29) is 11.1 Å². The highest BCUT2D eigenvalue weighted by molar-refractivity contribution is 9.10. The highest BCUT2D eigenvalue weighted by Crippen LogP contribution is 2.33. The van der Waals surface area contributed by atoms with Gasteiger partial charge in [-0.1, -0.05) is 0 Å². The number of nitrogens with zero attached hydrogens (tertiary/aromatic N) is 1. The number of nitrogens with one attached hydrogen (secondary N) is 1. The Hall–Kier alpha value is -2.47. The van der Waals surface area contributed by atoms with Crippen molar-refractivity contribution < 1.29 is 33.3 Å². The van der Waals surface area contributed by atoms with Gasteiger partial charge < -0.3 is 18.9 Å². The van der Waals surface area contributed by atoms with Gasteiger partial charge in [0.05, 0.1) is 4.47 Å². The Morgan fingerprint density at radius 3 is 2.26 bits per heavy atom. The molecule has 1 aliphatic heterocycles. The molecule has 1 fully saturated rings. The van der Waals surface area contributed by atoms with E-state index in [9.17, 15) is 24.0 Å². The quantitative estimate of drug-likeness (QED) is 0.470. The number of aromatic amines is 1. The van der Waals surface area contributed by atoms with Crippen LogP contribution in [0.3, 0.4) is 0 Å². The number of hydrogen-bond acceptors (Lipinski definition) is 9. The molecule has 0 radical (unpaired) electrons. The summed E-state index contributed by atoms with van der Waals surface area (Å²) in [6, 6.07) is 0. The lowest BCUT2D eigenvalue weighted by molar-refractivity contribution is -0.166. The number of rotatable bonds is 5. The van der Waals surface area contributed by atoms with Gasteiger partial charge in [0.25, 0.3) is 5.56 Å². The molecule has 0 bridgehead atoms. The number of esters is 3. The largest absolute Gasteiger partial charge is 0.463 e. The second kappa shape index (κ2) is 8.48. The fraction of sp³-hybridized carbons (Fsp3) is 0.533. The minimum absolute atomic E-state index is 0.0275. The molecule has 0 spiro atoms. The summed E-state index contributed by atoms with van der Waals surface area (Å²) in [5.41, 5.74) is -1.49. The zero-order valence-electron chi connectivity index (χ0n) is 14.6. The molecule has 0 unspecified atom stereocenters. The van der Waals surface area contributed by atoms with Crippen LogP contribution < -0.4 is 11.2 Å². The van der Waals surface area contributed by atoms with Crippen LogP contribution in [0.4, 0.5) is 0 Å². The molecular weight excluding hydrogens is 432 g/mol. The maximum absolute atomic E-state index is 12.2. The topological polar surface area (TPSA) is 143 Å². The number of H-pyrrole nitrogens is 1. The van der Waals surface area contributed by atoms with E-state index in [4.69, 9.17) is 18.9 Å². The van der Waals surface area contributed by atoms with Crippen molar-refractivity contribution in [1.82, 2.24) is 9.55 Å². The monoisotopic (exact) mass is 448 g/mol. The zero-order chi connectivity index (χ0) is 20.3. The predicted octanol–water partition coefficient (Wildman–Crippen LogP) is -0.377. The van der Waals surface area contributed by atoms with E-state index in [1.165, 1.54) is 6.92 Å². The molecule has 1 aromatic heterocycles. The van der Waals surface area contributed by atoms with Gasteiger partial charge in [0.1, 0.15) is 12.7 Å². The smallest absolute Gasteiger partial charge is 0.330 e. The summed E-state index contributed by atoms with van der Waals surface area (Å²) in [5, 5.41) is 0. The van der Waals surface area contributed by atoms with Crippen molar-refractivity contribution in [1.29, 1.82) is 0 Å². The molecule has 1 aliphatic rings. The van der Waals surface area contributed by atoms with Crippen molar-refractivity contribution in [3.63, 3.8) is 0 Å². The van der Waals surface area contributed by atoms with Gasteiger partial charge in [-0.15, -0.1) is 0 Å². The van der Waals surface area contributed by atoms with Crippen molar-refractivity contribution in [3.8, 4) is 0 Å². The van der Waals surface area contributed by atoms with Gasteiger partial charge in [0.2, 0.25) is 0 Å². The van der Waals surface area contributed by atoms with Gasteiger partial charge in [-0.05, 0) is 15.9 Å². The van der Waals surface area contributed by atoms with E-state index in [0.29, 0.717) is 0 Å². The van der Waals surface area contributed by atoms with Crippen LogP contribution in [0.1, 0.15) is 27.0 Å². The second-order valence-corrected chi connectivity index (χ2v) is 6.51. The normalized spacial score (nSPS) is 24.3. The van der Waals surface area contributed by atoms with Gasteiger partial charge in [-0.3, -0.25) is 28.7 Å². The Kier molecular flexibility index (Phi) is 6.54. The maximum Gasteiger partial charge on any atom is 0.330 e. The molecule has 27 heavy (non-hydrogen) atoms. The lowest BCUT2D eigenvalue weighted by Crippen LogP contribution is -2.42. The van der Waals surface area contributed by atoms with Crippen LogP contribution in [0, 0.1) is 0 Å². The first-order valence-corrected chi connectivity index (χ1v) is 8.53. The molecule has 0 aromatic carbocycles. The van der Waals surface area contributed by atoms with E-state index >= 15 is 0 Å². The molecular formula is C15H17BrN2O9. The van der Waals surface area contributed by atoms with Crippen LogP contribution in [0.15, 0.2) is 20.3 Å². The Morgan fingerprint density at radius 2 is 1.70 bits per heavy atom. The fourth-order valence-electron chi connectivity index (χ4n) is 2.57. The first-order chi connectivity index (χ1) is 12.6. The van der Waals surface area contributed by atoms with Gasteiger partial charge in [0.15, 0.2) is 18.4 Å². The van der Waals surface area contributed by atoms with Crippen molar-refractivity contribution in [2.75, 3.05) is 6.61 Å². The third-order valence-corrected chi connectivity index (χ3v) is 4.10. The molecule has 2 rings (SSSR count). The molecule has 0 saturated carbocycles. The summed E-state index contributed by atoms with van der Waals surface area (Å²) in [5.74, 6) is -2.00. The fourth-order valence-corrected chi connectivity index (χ4v) is 2.89. The Bertz CT molecular complexity index is 862. The van der Waals surface area contributed by atoms with Gasteiger partial charge in [0, 0.05) is 27.0 Å². The van der Waals surface area contributed by atoms with Crippen LogP contribution in [-0.4, -0.2) is 52.4 Å². The van der Waals surface area contributed by atoms with Crippen LogP contribution in [0.25, 0.3) is 0 Å². The minimum Gasteiger partial charge on any atom is -0.463 e. The molecule has 148 valence electrons. The summed E-state index contributed by atoms with van der Waals surface area (Å²) in [7, 11) is 0. The van der Waals surface area contributed by atoms with Crippen molar-refractivity contribution in [2.24, 2.45) is 0 Å². The molecule has 2 heterocycles. The summed E-state index contributed by atoms with van der Waals surface area (Å²) >= 11 is 3.00. The molecule has 1 N–H and O–H groups in total. The zero-order valence-corrected chi connectivity index (χ0v) is 16.2. The summed E-state index contributed by atoms with van der Waals surface area (Å²) < 4.78 is 22.0. The Labute approximate surface area is 160 Å². The molecule has 1 aromatic rings. The Balaban J connectivity index is 2.47. The highest BCUT2D eigenvalue weighted by Gasteiger charge is 2.51. The first-order valence-electron chi connectivity index (χ1n) is 7.74. The van der Waals surface area contributed by atoms with E-state index in [1.54, 1.807) is 0 Å². The SMILES string of the molecule is CC(=O)OC[C@@H]1O[C@H](n2cc(Br)c(=O)[nH]c2=O)[C@H](OC(C)=O)[C@@H]1OC(C)=O. The number of halogens is 1. The highest BCUT2D eigenvalue weighted by atomic mass is 79.9. The number of hydrogen-bond donors (Lipinski definition) is 1. The van der Waals surface area contributed by atoms with Crippen molar-refractivity contribution in [2.45, 2.75) is 45.3 Å². The average molecular weight is 449 g/mol. The van der Waals surface area contributed by atoms with Crippen molar-refractivity contribution in [3.05, 3.63) is 31.5 Å². The summed E-state index contributed by atoms with van der Waals surface area (Å²) in [6.07, 6.45) is -3.46. The van der Waals surface area contributed by atoms with Crippen molar-refractivity contribution >= 4 is 33.8 Å². The van der Waals surface area contributed by atoms with Gasteiger partial charge >= 0.3 is 23.6 Å². The molecule has 1 saturated heterocycles. The van der Waals surface area contributed by atoms with Gasteiger partial charge in [-0.2, -0.15) is 0 Å². The van der Waals surface area contributed by atoms with E-state index < -0.39 is 53.7 Å². The van der Waals surface area contributed by atoms with E-state index in [0.717, 1.165) is 24.6 Å². The molecule has 12 heteroatoms. The second-order valence-electron chi connectivity index (χ2n) is 5.66. The standard InChI is InChI=1S/C15H17BrN2O9/c1-6(19)24-5-10-11(25-7(2)20)12(26-8(3)21)14(27-10)18-4-9(16)13(22)17-15(18)23/h4,10-12,14H,5H2,1-3H3,(H,17,22,23)/t10-,11+,12+,14-/m0/s1. The van der Waals surface area contributed by atoms with Crippen LogP contribution in [0.5, 0.6) is 0 Å². The van der Waals surface area contributed by atoms with E-state index in [1.807, 2.05) is 0 Å². The Morgan fingerprint density at radius 1 is 1.11 bits per heavy atom. The first kappa shape index (κ1) is 20.8. The lowest BCUT2D eigenvalue weighted by Gasteiger charge is -2.23. The number of aromatic nitrogens is 2. The third kappa shape index (κ3) is 5.04. The number of ether oxygens (including phenoxy) is 4. The van der Waals surface area contributed by atoms with Crippen LogP contribution in [0.2, 0.25) is 0 Å². The number of carbonyl (C=O) groups excluding carboxylic acids is 3. The maximum atomic E-state index is 12.2. The average Bonchev–Trinajstić information content (AvgIpc) is 2.85. The molecule has 11 nitrogen and oxygen atoms in total. The minimum atomic E-state index is -1.24. The van der Waals surface area contributed by atoms with Crippen LogP contribution in [-0.2, 0) is 33.3 Å². The molecule has 4 atom stereocenters.